The van der Waals surface area contributed by atoms with Crippen LogP contribution in [-0.2, 0) is 4.74 Å². The molecule has 2 aromatic rings. The van der Waals surface area contributed by atoms with E-state index in [2.05, 4.69) is 15.2 Å². The highest BCUT2D eigenvalue weighted by molar-refractivity contribution is 5.66. The third-order valence-corrected chi connectivity index (χ3v) is 5.37. The lowest BCUT2D eigenvalue weighted by molar-refractivity contribution is 0.108. The van der Waals surface area contributed by atoms with Crippen LogP contribution < -0.4 is 20.7 Å². The molecule has 1 unspecified atom stereocenters. The Balaban J connectivity index is 0.000000478. The van der Waals surface area contributed by atoms with Crippen LogP contribution in [0.5, 0.6) is 5.75 Å². The van der Waals surface area contributed by atoms with Gasteiger partial charge in [0.2, 0.25) is 0 Å². The lowest BCUT2D eigenvalue weighted by Crippen LogP contribution is -2.29. The molecule has 4 rings (SSSR count). The molecule has 0 saturated carbocycles. The molecule has 0 spiro atoms. The summed E-state index contributed by atoms with van der Waals surface area (Å²) in [6, 6.07) is 7.57. The lowest BCUT2D eigenvalue weighted by atomic mass is 10.2. The van der Waals surface area contributed by atoms with Crippen molar-refractivity contribution in [3.63, 3.8) is 0 Å². The predicted octanol–water partition coefficient (Wildman–Crippen LogP) is 2.39. The van der Waals surface area contributed by atoms with E-state index in [1.165, 1.54) is 25.7 Å². The molecular formula is C23H35N5O3. The summed E-state index contributed by atoms with van der Waals surface area (Å²) < 4.78 is 10.6. The maximum atomic E-state index is 9.79. The molecule has 0 aliphatic carbocycles. The molecule has 2 saturated heterocycles. The maximum Gasteiger partial charge on any atom is 0.164 e. The molecule has 0 bridgehead atoms. The Morgan fingerprint density at radius 1 is 1.19 bits per heavy atom. The van der Waals surface area contributed by atoms with E-state index in [-0.39, 0.29) is 6.61 Å². The number of aliphatic hydroxyl groups is 1. The largest absolute Gasteiger partial charge is 0.491 e. The van der Waals surface area contributed by atoms with Crippen LogP contribution >= 0.6 is 0 Å². The second-order valence-electron chi connectivity index (χ2n) is 7.95. The quantitative estimate of drug-likeness (QED) is 0.616. The normalized spacial score (nSPS) is 16.7. The monoisotopic (exact) mass is 429 g/mol. The Bertz CT molecular complexity index is 815. The number of hydrogen-bond acceptors (Lipinski definition) is 8. The summed E-state index contributed by atoms with van der Waals surface area (Å²) in [7, 11) is 1.79. The summed E-state index contributed by atoms with van der Waals surface area (Å²) in [4.78, 5) is 11.5. The van der Waals surface area contributed by atoms with E-state index in [0.717, 1.165) is 43.2 Å². The predicted molar refractivity (Wildman–Crippen MR) is 124 cm³/mol. The second kappa shape index (κ2) is 11.8. The van der Waals surface area contributed by atoms with Crippen molar-refractivity contribution >= 4 is 11.6 Å². The number of aliphatic hydroxyl groups excluding tert-OH is 1. The zero-order valence-electron chi connectivity index (χ0n) is 18.6. The molecule has 8 heteroatoms. The summed E-state index contributed by atoms with van der Waals surface area (Å²) in [5, 5.41) is 12.7. The van der Waals surface area contributed by atoms with E-state index >= 15 is 0 Å². The summed E-state index contributed by atoms with van der Waals surface area (Å²) in [5.74, 6) is 2.69. The Labute approximate surface area is 184 Å². The zero-order chi connectivity index (χ0) is 22.1. The number of benzene rings is 1. The van der Waals surface area contributed by atoms with Gasteiger partial charge < -0.3 is 30.5 Å². The average molecular weight is 430 g/mol. The van der Waals surface area contributed by atoms with Crippen molar-refractivity contribution < 1.29 is 14.6 Å². The van der Waals surface area contributed by atoms with Gasteiger partial charge in [0.05, 0.1) is 0 Å². The van der Waals surface area contributed by atoms with Crippen molar-refractivity contribution in [2.75, 3.05) is 57.1 Å². The van der Waals surface area contributed by atoms with Gasteiger partial charge in [0.25, 0.3) is 0 Å². The first kappa shape index (κ1) is 23.2. The fourth-order valence-corrected chi connectivity index (χ4v) is 3.61. The molecule has 0 radical (unpaired) electrons. The zero-order valence-corrected chi connectivity index (χ0v) is 18.6. The minimum atomic E-state index is -0.559. The van der Waals surface area contributed by atoms with Crippen LogP contribution in [0.1, 0.15) is 31.2 Å². The van der Waals surface area contributed by atoms with Crippen LogP contribution in [0.2, 0.25) is 0 Å². The van der Waals surface area contributed by atoms with Gasteiger partial charge in [0, 0.05) is 44.0 Å². The van der Waals surface area contributed by atoms with Crippen LogP contribution in [0.15, 0.2) is 24.3 Å². The highest BCUT2D eigenvalue weighted by Crippen LogP contribution is 2.29. The van der Waals surface area contributed by atoms with E-state index in [9.17, 15) is 5.11 Å². The number of rotatable bonds is 7. The molecule has 3 heterocycles. The molecule has 0 amide bonds. The van der Waals surface area contributed by atoms with Crippen molar-refractivity contribution in [3.8, 4) is 17.1 Å². The number of nitrogens with zero attached hydrogens (tertiary/aromatic N) is 3. The number of likely N-dealkylation sites (N-methyl/N-ethyl adjacent to an activating group) is 1. The molecule has 1 atom stereocenters. The fourth-order valence-electron chi connectivity index (χ4n) is 3.61. The van der Waals surface area contributed by atoms with Crippen molar-refractivity contribution in [2.45, 2.75) is 38.7 Å². The van der Waals surface area contributed by atoms with Crippen molar-refractivity contribution in [1.29, 1.82) is 0 Å². The number of aromatic nitrogens is 2. The van der Waals surface area contributed by atoms with Gasteiger partial charge in [-0.3, -0.25) is 0 Å². The summed E-state index contributed by atoms with van der Waals surface area (Å²) in [5.41, 5.74) is 7.92. The number of nitrogen functional groups attached to an aromatic ring is 1. The first-order valence-corrected chi connectivity index (χ1v) is 11.1. The van der Waals surface area contributed by atoms with E-state index in [4.69, 9.17) is 20.2 Å². The third kappa shape index (κ3) is 6.78. The van der Waals surface area contributed by atoms with E-state index in [1.54, 1.807) is 7.05 Å². The lowest BCUT2D eigenvalue weighted by Gasteiger charge is -2.20. The van der Waals surface area contributed by atoms with Crippen LogP contribution in [0.25, 0.3) is 11.4 Å². The van der Waals surface area contributed by atoms with Gasteiger partial charge in [-0.1, -0.05) is 12.1 Å². The Kier molecular flexibility index (Phi) is 8.87. The van der Waals surface area contributed by atoms with Crippen molar-refractivity contribution in [1.82, 2.24) is 15.3 Å². The first-order chi connectivity index (χ1) is 15.1. The van der Waals surface area contributed by atoms with Crippen LogP contribution in [0, 0.1) is 6.92 Å². The number of ether oxygens (including phenoxy) is 2. The molecule has 31 heavy (non-hydrogen) atoms. The second-order valence-corrected chi connectivity index (χ2v) is 7.95. The molecule has 170 valence electrons. The number of hydrogen-bond donors (Lipinski definition) is 3. The highest BCUT2D eigenvalue weighted by Gasteiger charge is 2.19. The molecular weight excluding hydrogens is 394 g/mol. The Hall–Kier alpha value is -2.42. The fraction of sp³-hybridized carbons (Fsp3) is 0.565. The molecule has 8 nitrogen and oxygen atoms in total. The maximum absolute atomic E-state index is 9.79. The number of nitrogens with two attached hydrogens (primary N) is 1. The first-order valence-electron chi connectivity index (χ1n) is 11.1. The van der Waals surface area contributed by atoms with E-state index < -0.39 is 6.10 Å². The third-order valence-electron chi connectivity index (χ3n) is 5.37. The number of anilines is 2. The van der Waals surface area contributed by atoms with E-state index in [1.807, 2.05) is 31.2 Å². The summed E-state index contributed by atoms with van der Waals surface area (Å²) in [6.07, 6.45) is 4.35. The molecule has 2 fully saturated rings. The molecule has 4 N–H and O–H groups in total. The molecule has 1 aromatic carbocycles. The Morgan fingerprint density at radius 3 is 2.58 bits per heavy atom. The van der Waals surface area contributed by atoms with Gasteiger partial charge in [-0.15, -0.1) is 0 Å². The van der Waals surface area contributed by atoms with E-state index in [0.29, 0.717) is 23.9 Å². The van der Waals surface area contributed by atoms with Gasteiger partial charge in [0.15, 0.2) is 5.82 Å². The topological polar surface area (TPSA) is 106 Å². The van der Waals surface area contributed by atoms with Crippen LogP contribution in [0.4, 0.5) is 11.6 Å². The van der Waals surface area contributed by atoms with Gasteiger partial charge in [-0.25, -0.2) is 9.97 Å². The van der Waals surface area contributed by atoms with Crippen molar-refractivity contribution in [3.05, 3.63) is 29.8 Å². The standard InChI is InChI=1S/C19H27N5O2.C4H8O/c1-13-17(20)22-18(23-19(13)24-8-3-4-9-24)14-6-5-7-16(10-14)26-12-15(25)11-21-2;1-2-4-5-3-1/h5-7,10,15,21,25H,3-4,8-9,11-12H2,1-2H3,(H2,20,22,23);1-4H2. The highest BCUT2D eigenvalue weighted by atomic mass is 16.5. The van der Waals surface area contributed by atoms with Gasteiger partial charge in [-0.2, -0.15) is 0 Å². The van der Waals surface area contributed by atoms with Gasteiger partial charge >= 0.3 is 0 Å². The average Bonchev–Trinajstić information content (AvgIpc) is 3.51. The molecule has 2 aliphatic heterocycles. The van der Waals surface area contributed by atoms with Crippen LogP contribution in [-0.4, -0.2) is 67.7 Å². The number of nitrogens with one attached hydrogen (secondary N) is 1. The SMILES string of the molecule is C1CCOC1.CNCC(O)COc1cccc(-c2nc(N)c(C)c(N3CCCC3)n2)c1. The summed E-state index contributed by atoms with van der Waals surface area (Å²) in [6.45, 7) is 6.68. The van der Waals surface area contributed by atoms with Crippen molar-refractivity contribution in [2.24, 2.45) is 0 Å². The summed E-state index contributed by atoms with van der Waals surface area (Å²) >= 11 is 0. The molecule has 1 aromatic heterocycles. The van der Waals surface area contributed by atoms with Gasteiger partial charge in [0.1, 0.15) is 30.1 Å². The smallest absolute Gasteiger partial charge is 0.164 e. The minimum absolute atomic E-state index is 0.222. The minimum Gasteiger partial charge on any atom is -0.491 e. The Morgan fingerprint density at radius 2 is 1.94 bits per heavy atom. The van der Waals surface area contributed by atoms with Crippen LogP contribution in [0.3, 0.4) is 0 Å². The molecule has 2 aliphatic rings. The van der Waals surface area contributed by atoms with Gasteiger partial charge in [-0.05, 0) is 51.8 Å².